The van der Waals surface area contributed by atoms with Gasteiger partial charge in [-0.2, -0.15) is 0 Å². The highest BCUT2D eigenvalue weighted by atomic mass is 16.5. The highest BCUT2D eigenvalue weighted by Gasteiger charge is 2.15. The lowest BCUT2D eigenvalue weighted by molar-refractivity contribution is 0.0605. The molecule has 0 aromatic heterocycles. The third kappa shape index (κ3) is 1.85. The Balaban J connectivity index is 2.24. The number of rotatable bonds is 1. The van der Waals surface area contributed by atoms with E-state index >= 15 is 0 Å². The molecule has 0 aliphatic heterocycles. The summed E-state index contributed by atoms with van der Waals surface area (Å²) in [5, 5.41) is 6.25. The number of benzene rings is 4. The van der Waals surface area contributed by atoms with Gasteiger partial charge in [0, 0.05) is 0 Å². The molecule has 0 saturated heterocycles. The second-order valence-electron chi connectivity index (χ2n) is 5.38. The molecule has 0 aliphatic carbocycles. The molecule has 0 heterocycles. The molecule has 4 rings (SSSR count). The number of ether oxygens (including phenoxy) is 1. The maximum Gasteiger partial charge on any atom is 0.339 e. The van der Waals surface area contributed by atoms with Gasteiger partial charge in [-0.05, 0) is 50.5 Å². The van der Waals surface area contributed by atoms with E-state index in [-0.39, 0.29) is 5.97 Å². The van der Waals surface area contributed by atoms with Gasteiger partial charge in [-0.3, -0.25) is 0 Å². The van der Waals surface area contributed by atoms with Crippen LogP contribution >= 0.6 is 0 Å². The minimum atomic E-state index is -0.294. The summed E-state index contributed by atoms with van der Waals surface area (Å²) in [4.78, 5) is 12.4. The van der Waals surface area contributed by atoms with Gasteiger partial charge in [0.15, 0.2) is 0 Å². The first-order valence-electron chi connectivity index (χ1n) is 7.20. The van der Waals surface area contributed by atoms with E-state index in [1.54, 1.807) is 0 Å². The summed E-state index contributed by atoms with van der Waals surface area (Å²) in [6, 6.07) is 22.4. The zero-order valence-electron chi connectivity index (χ0n) is 12.2. The van der Waals surface area contributed by atoms with Crippen molar-refractivity contribution in [3.05, 3.63) is 72.3 Å². The Kier molecular flexibility index (Phi) is 2.83. The molecule has 0 amide bonds. The monoisotopic (exact) mass is 286 g/mol. The van der Waals surface area contributed by atoms with Crippen molar-refractivity contribution in [1.29, 1.82) is 0 Å². The molecule has 0 spiro atoms. The Labute approximate surface area is 127 Å². The molecule has 0 atom stereocenters. The summed E-state index contributed by atoms with van der Waals surface area (Å²) >= 11 is 0. The Morgan fingerprint density at radius 1 is 0.727 bits per heavy atom. The van der Waals surface area contributed by atoms with Crippen LogP contribution < -0.4 is 0 Å². The van der Waals surface area contributed by atoms with Crippen molar-refractivity contribution in [2.45, 2.75) is 0 Å². The van der Waals surface area contributed by atoms with Crippen LogP contribution in [0.2, 0.25) is 0 Å². The molecular weight excluding hydrogens is 272 g/mol. The summed E-state index contributed by atoms with van der Waals surface area (Å²) in [6.07, 6.45) is 0. The van der Waals surface area contributed by atoms with E-state index < -0.39 is 0 Å². The van der Waals surface area contributed by atoms with Crippen LogP contribution in [0.5, 0.6) is 0 Å². The molecule has 106 valence electrons. The number of hydrogen-bond acceptors (Lipinski definition) is 2. The quantitative estimate of drug-likeness (QED) is 0.366. The number of carbonyl (C=O) groups excluding carboxylic acids is 1. The normalized spacial score (nSPS) is 11.1. The van der Waals surface area contributed by atoms with Gasteiger partial charge in [0.25, 0.3) is 0 Å². The minimum Gasteiger partial charge on any atom is -0.465 e. The highest BCUT2D eigenvalue weighted by molar-refractivity contribution is 6.18. The summed E-state index contributed by atoms with van der Waals surface area (Å²) in [6.45, 7) is 0. The fourth-order valence-electron chi connectivity index (χ4n) is 3.08. The van der Waals surface area contributed by atoms with E-state index in [1.165, 1.54) is 12.5 Å². The lowest BCUT2D eigenvalue weighted by Crippen LogP contribution is -2.03. The van der Waals surface area contributed by atoms with Crippen LogP contribution in [0.25, 0.3) is 32.3 Å². The summed E-state index contributed by atoms with van der Waals surface area (Å²) in [5.41, 5.74) is 0.640. The molecule has 0 N–H and O–H groups in total. The lowest BCUT2D eigenvalue weighted by Gasteiger charge is -2.11. The summed E-state index contributed by atoms with van der Waals surface area (Å²) in [7, 11) is 1.43. The van der Waals surface area contributed by atoms with Gasteiger partial charge >= 0.3 is 5.97 Å². The van der Waals surface area contributed by atoms with Crippen molar-refractivity contribution >= 4 is 38.3 Å². The molecular formula is C20H14O2. The number of methoxy groups -OCH3 is 1. The Morgan fingerprint density at radius 3 is 2.05 bits per heavy atom. The molecule has 4 aromatic rings. The molecule has 2 heteroatoms. The first-order chi connectivity index (χ1) is 10.8. The fraction of sp³-hybridized carbons (Fsp3) is 0.0500. The Bertz CT molecular complexity index is 1030. The molecule has 0 unspecified atom stereocenters. The van der Waals surface area contributed by atoms with Crippen molar-refractivity contribution in [3.8, 4) is 0 Å². The van der Waals surface area contributed by atoms with Gasteiger partial charge in [-0.25, -0.2) is 4.79 Å². The maximum atomic E-state index is 12.4. The van der Waals surface area contributed by atoms with E-state index in [1.807, 2.05) is 36.4 Å². The first-order valence-corrected chi connectivity index (χ1v) is 7.20. The van der Waals surface area contributed by atoms with E-state index in [4.69, 9.17) is 4.74 Å². The SMILES string of the molecule is COC(=O)c1c2ccccc2cc2cc3ccccc3cc12. The van der Waals surface area contributed by atoms with Gasteiger partial charge in [0.1, 0.15) is 0 Å². The fourth-order valence-corrected chi connectivity index (χ4v) is 3.08. The smallest absolute Gasteiger partial charge is 0.339 e. The van der Waals surface area contributed by atoms with Gasteiger partial charge in [0.05, 0.1) is 12.7 Å². The highest BCUT2D eigenvalue weighted by Crippen LogP contribution is 2.32. The average molecular weight is 286 g/mol. The summed E-state index contributed by atoms with van der Waals surface area (Å²) in [5.74, 6) is -0.294. The van der Waals surface area contributed by atoms with Crippen molar-refractivity contribution in [2.75, 3.05) is 7.11 Å². The van der Waals surface area contributed by atoms with Crippen molar-refractivity contribution < 1.29 is 9.53 Å². The van der Waals surface area contributed by atoms with Crippen LogP contribution in [0.15, 0.2) is 66.7 Å². The van der Waals surface area contributed by atoms with Crippen LogP contribution in [0.1, 0.15) is 10.4 Å². The van der Waals surface area contributed by atoms with Crippen LogP contribution in [-0.2, 0) is 4.74 Å². The second kappa shape index (κ2) is 4.85. The minimum absolute atomic E-state index is 0.294. The predicted molar refractivity (Wildman–Crippen MR) is 90.3 cm³/mol. The standard InChI is InChI=1S/C20H14O2/c1-22-20(21)19-17-9-5-4-8-15(17)11-16-10-13-6-2-3-7-14(13)12-18(16)19/h2-12H,1H3. The van der Waals surface area contributed by atoms with Crippen LogP contribution in [0.3, 0.4) is 0 Å². The molecule has 4 aromatic carbocycles. The topological polar surface area (TPSA) is 26.3 Å². The second-order valence-corrected chi connectivity index (χ2v) is 5.38. The number of hydrogen-bond donors (Lipinski definition) is 0. The lowest BCUT2D eigenvalue weighted by atomic mass is 9.94. The van der Waals surface area contributed by atoms with E-state index in [0.717, 1.165) is 26.9 Å². The zero-order valence-corrected chi connectivity index (χ0v) is 12.2. The number of fused-ring (bicyclic) bond motifs is 3. The number of carbonyl (C=O) groups is 1. The van der Waals surface area contributed by atoms with Crippen LogP contribution in [-0.4, -0.2) is 13.1 Å². The van der Waals surface area contributed by atoms with E-state index in [2.05, 4.69) is 30.3 Å². The predicted octanol–water partition coefficient (Wildman–Crippen LogP) is 4.93. The molecule has 0 saturated carbocycles. The third-order valence-electron chi connectivity index (χ3n) is 4.12. The van der Waals surface area contributed by atoms with Gasteiger partial charge in [0.2, 0.25) is 0 Å². The largest absolute Gasteiger partial charge is 0.465 e. The molecule has 0 radical (unpaired) electrons. The molecule has 22 heavy (non-hydrogen) atoms. The van der Waals surface area contributed by atoms with Crippen molar-refractivity contribution in [2.24, 2.45) is 0 Å². The van der Waals surface area contributed by atoms with Gasteiger partial charge < -0.3 is 4.74 Å². The van der Waals surface area contributed by atoms with Crippen LogP contribution in [0.4, 0.5) is 0 Å². The molecule has 0 bridgehead atoms. The third-order valence-corrected chi connectivity index (χ3v) is 4.12. The number of esters is 1. The average Bonchev–Trinajstić information content (AvgIpc) is 2.57. The van der Waals surface area contributed by atoms with Crippen molar-refractivity contribution in [1.82, 2.24) is 0 Å². The molecule has 0 aliphatic rings. The Hall–Kier alpha value is -2.87. The van der Waals surface area contributed by atoms with E-state index in [0.29, 0.717) is 5.56 Å². The first kappa shape index (κ1) is 12.8. The van der Waals surface area contributed by atoms with Gasteiger partial charge in [-0.15, -0.1) is 0 Å². The Morgan fingerprint density at radius 2 is 1.32 bits per heavy atom. The molecule has 2 nitrogen and oxygen atoms in total. The van der Waals surface area contributed by atoms with Crippen molar-refractivity contribution in [3.63, 3.8) is 0 Å². The van der Waals surface area contributed by atoms with Gasteiger partial charge in [-0.1, -0.05) is 48.5 Å². The van der Waals surface area contributed by atoms with E-state index in [9.17, 15) is 4.79 Å². The summed E-state index contributed by atoms with van der Waals surface area (Å²) < 4.78 is 5.03. The molecule has 0 fully saturated rings. The van der Waals surface area contributed by atoms with Crippen LogP contribution in [0, 0.1) is 0 Å². The maximum absolute atomic E-state index is 12.4. The zero-order chi connectivity index (χ0) is 15.1.